The van der Waals surface area contributed by atoms with Gasteiger partial charge in [-0.15, -0.1) is 0 Å². The predicted molar refractivity (Wildman–Crippen MR) is 110 cm³/mol. The maximum absolute atomic E-state index is 13.1. The molecule has 1 N–H and O–H groups in total. The maximum Gasteiger partial charge on any atom is 0.410 e. The number of hydrogen-bond donors (Lipinski definition) is 1. The van der Waals surface area contributed by atoms with Crippen molar-refractivity contribution in [2.45, 2.75) is 57.2 Å². The molecule has 3 unspecified atom stereocenters. The molecule has 0 bridgehead atoms. The third-order valence-electron chi connectivity index (χ3n) is 4.19. The zero-order valence-corrected chi connectivity index (χ0v) is 17.9. The fraction of sp³-hybridized carbons (Fsp3) is 0.500. The number of rotatable bonds is 4. The van der Waals surface area contributed by atoms with Crippen LogP contribution in [0, 0.1) is 0 Å². The van der Waals surface area contributed by atoms with Gasteiger partial charge in [0.25, 0.3) is 0 Å². The molecule has 0 radical (unpaired) electrons. The molecule has 2 rings (SSSR count). The smallest absolute Gasteiger partial charge is 0.410 e. The highest BCUT2D eigenvalue weighted by atomic mass is 32.2. The molecular formula is C20H29N3O4S. The lowest BCUT2D eigenvalue weighted by molar-refractivity contribution is -0.111. The van der Waals surface area contributed by atoms with Gasteiger partial charge in [-0.05, 0) is 65.0 Å². The van der Waals surface area contributed by atoms with E-state index in [9.17, 15) is 13.8 Å². The summed E-state index contributed by atoms with van der Waals surface area (Å²) in [4.78, 5) is 26.0. The Hall–Kier alpha value is -2.19. The first-order valence-electron chi connectivity index (χ1n) is 9.23. The van der Waals surface area contributed by atoms with Crippen LogP contribution in [0.25, 0.3) is 0 Å². The van der Waals surface area contributed by atoms with E-state index >= 15 is 0 Å². The third kappa shape index (κ3) is 5.65. The summed E-state index contributed by atoms with van der Waals surface area (Å²) < 4.78 is 20.5. The van der Waals surface area contributed by atoms with Gasteiger partial charge in [0.2, 0.25) is 5.91 Å². The summed E-state index contributed by atoms with van der Waals surface area (Å²) in [6, 6.07) is 6.68. The minimum absolute atomic E-state index is 0.0998. The van der Waals surface area contributed by atoms with E-state index in [0.717, 1.165) is 0 Å². The molecule has 2 amide bonds. The second-order valence-electron chi connectivity index (χ2n) is 7.91. The van der Waals surface area contributed by atoms with Crippen LogP contribution in [0.5, 0.6) is 0 Å². The van der Waals surface area contributed by atoms with E-state index in [0.29, 0.717) is 23.7 Å². The minimum atomic E-state index is -1.38. The summed E-state index contributed by atoms with van der Waals surface area (Å²) in [7, 11) is -1.38. The summed E-state index contributed by atoms with van der Waals surface area (Å²) in [6.07, 6.45) is 0.846. The van der Waals surface area contributed by atoms with E-state index in [1.807, 2.05) is 38.9 Å². The Balaban J connectivity index is 2.07. The molecule has 0 spiro atoms. The van der Waals surface area contributed by atoms with Crippen molar-refractivity contribution in [1.29, 1.82) is 0 Å². The molecule has 0 saturated carbocycles. The van der Waals surface area contributed by atoms with E-state index < -0.39 is 16.6 Å². The Bertz CT molecular complexity index is 746. The van der Waals surface area contributed by atoms with Gasteiger partial charge in [0.15, 0.2) is 0 Å². The van der Waals surface area contributed by atoms with Gasteiger partial charge in [-0.25, -0.2) is 13.3 Å². The van der Waals surface area contributed by atoms with Crippen LogP contribution in [0.3, 0.4) is 0 Å². The zero-order chi connectivity index (χ0) is 21.1. The van der Waals surface area contributed by atoms with E-state index in [2.05, 4.69) is 11.9 Å². The monoisotopic (exact) mass is 407 g/mol. The number of amides is 2. The normalized spacial score (nSPS) is 21.7. The molecule has 1 aliphatic heterocycles. The van der Waals surface area contributed by atoms with E-state index in [1.54, 1.807) is 29.2 Å². The minimum Gasteiger partial charge on any atom is -0.444 e. The molecule has 1 saturated heterocycles. The highest BCUT2D eigenvalue weighted by Crippen LogP contribution is 2.24. The van der Waals surface area contributed by atoms with Crippen molar-refractivity contribution in [1.82, 2.24) is 9.21 Å². The molecule has 0 aliphatic carbocycles. The van der Waals surface area contributed by atoms with Gasteiger partial charge in [0.1, 0.15) is 16.6 Å². The maximum atomic E-state index is 13.1. The lowest BCUT2D eigenvalue weighted by atomic mass is 10.1. The highest BCUT2D eigenvalue weighted by molar-refractivity contribution is 7.82. The lowest BCUT2D eigenvalue weighted by Gasteiger charge is -2.43. The quantitative estimate of drug-likeness (QED) is 0.778. The van der Waals surface area contributed by atoms with Crippen LogP contribution in [-0.4, -0.2) is 56.2 Å². The van der Waals surface area contributed by atoms with Gasteiger partial charge in [0.05, 0.1) is 4.90 Å². The first-order chi connectivity index (χ1) is 13.0. The molecule has 154 valence electrons. The van der Waals surface area contributed by atoms with Crippen molar-refractivity contribution in [2.24, 2.45) is 0 Å². The summed E-state index contributed by atoms with van der Waals surface area (Å²) in [6.45, 7) is 13.7. The number of carbonyl (C=O) groups excluding carboxylic acids is 2. The Morgan fingerprint density at radius 2 is 1.71 bits per heavy atom. The van der Waals surface area contributed by atoms with Crippen molar-refractivity contribution in [3.63, 3.8) is 0 Å². The standard InChI is InChI=1S/C20H29N3O4S/c1-7-18(24)21-16-8-10-17(11-9-16)28(26)23-14(2)12-22(13-15(23)3)19(25)27-20(4,5)6/h7-11,14-15H,1,12-13H2,2-6H3,(H,21,24). The second-order valence-corrected chi connectivity index (χ2v) is 9.30. The van der Waals surface area contributed by atoms with E-state index in [-0.39, 0.29) is 24.1 Å². The molecule has 1 aromatic carbocycles. The fourth-order valence-electron chi connectivity index (χ4n) is 3.08. The summed E-state index contributed by atoms with van der Waals surface area (Å²) >= 11 is 0. The van der Waals surface area contributed by atoms with E-state index in [1.165, 1.54) is 6.08 Å². The lowest BCUT2D eigenvalue weighted by Crippen LogP contribution is -2.58. The zero-order valence-electron chi connectivity index (χ0n) is 17.1. The Labute approximate surface area is 169 Å². The van der Waals surface area contributed by atoms with Gasteiger partial charge >= 0.3 is 6.09 Å². The van der Waals surface area contributed by atoms with Crippen molar-refractivity contribution in [2.75, 3.05) is 18.4 Å². The molecule has 28 heavy (non-hydrogen) atoms. The predicted octanol–water partition coefficient (Wildman–Crippen LogP) is 3.16. The van der Waals surface area contributed by atoms with Gasteiger partial charge in [-0.3, -0.25) is 4.79 Å². The van der Waals surface area contributed by atoms with Gasteiger partial charge < -0.3 is 15.0 Å². The summed E-state index contributed by atoms with van der Waals surface area (Å²) in [5.41, 5.74) is 0.0632. The van der Waals surface area contributed by atoms with Crippen molar-refractivity contribution < 1.29 is 18.5 Å². The summed E-state index contributed by atoms with van der Waals surface area (Å²) in [5, 5.41) is 2.66. The number of benzene rings is 1. The first-order valence-corrected chi connectivity index (χ1v) is 10.3. The largest absolute Gasteiger partial charge is 0.444 e. The number of carbonyl (C=O) groups is 2. The Morgan fingerprint density at radius 3 is 2.18 bits per heavy atom. The number of nitrogens with zero attached hydrogens (tertiary/aromatic N) is 2. The van der Waals surface area contributed by atoms with E-state index in [4.69, 9.17) is 4.74 Å². The molecule has 3 atom stereocenters. The second kappa shape index (κ2) is 8.87. The molecule has 1 aromatic rings. The average Bonchev–Trinajstić information content (AvgIpc) is 2.60. The van der Waals surface area contributed by atoms with Crippen LogP contribution >= 0.6 is 0 Å². The van der Waals surface area contributed by atoms with Crippen LogP contribution in [0.2, 0.25) is 0 Å². The van der Waals surface area contributed by atoms with Crippen LogP contribution in [0.1, 0.15) is 34.6 Å². The fourth-order valence-corrected chi connectivity index (χ4v) is 4.48. The van der Waals surface area contributed by atoms with Crippen LogP contribution < -0.4 is 5.32 Å². The highest BCUT2D eigenvalue weighted by Gasteiger charge is 2.37. The summed E-state index contributed by atoms with van der Waals surface area (Å²) in [5.74, 6) is -0.297. The molecule has 7 nitrogen and oxygen atoms in total. The number of piperazine rings is 1. The van der Waals surface area contributed by atoms with Crippen LogP contribution in [-0.2, 0) is 20.5 Å². The molecule has 8 heteroatoms. The van der Waals surface area contributed by atoms with Crippen molar-refractivity contribution in [3.05, 3.63) is 36.9 Å². The molecule has 1 fully saturated rings. The van der Waals surface area contributed by atoms with Crippen LogP contribution in [0.4, 0.5) is 10.5 Å². The van der Waals surface area contributed by atoms with Crippen molar-refractivity contribution in [3.8, 4) is 0 Å². The molecular weight excluding hydrogens is 378 g/mol. The average molecular weight is 408 g/mol. The Morgan fingerprint density at radius 1 is 1.18 bits per heavy atom. The SMILES string of the molecule is C=CC(=O)Nc1ccc(S(=O)N2C(C)CN(C(=O)OC(C)(C)C)CC2C)cc1. The van der Waals surface area contributed by atoms with Gasteiger partial charge in [0, 0.05) is 30.9 Å². The van der Waals surface area contributed by atoms with Gasteiger partial charge in [-0.1, -0.05) is 6.58 Å². The molecule has 1 heterocycles. The molecule has 0 aromatic heterocycles. The number of ether oxygens (including phenoxy) is 1. The van der Waals surface area contributed by atoms with Crippen LogP contribution in [0.15, 0.2) is 41.8 Å². The number of nitrogens with one attached hydrogen (secondary N) is 1. The van der Waals surface area contributed by atoms with Crippen molar-refractivity contribution >= 4 is 28.7 Å². The Kier molecular flexibility index (Phi) is 7.01. The number of hydrogen-bond acceptors (Lipinski definition) is 4. The van der Waals surface area contributed by atoms with Gasteiger partial charge in [-0.2, -0.15) is 0 Å². The topological polar surface area (TPSA) is 79.0 Å². The third-order valence-corrected chi connectivity index (χ3v) is 5.97. The molecule has 1 aliphatic rings. The first kappa shape index (κ1) is 22.1. The number of anilines is 1.